The number of nitrogens with zero attached hydrogens (tertiary/aromatic N) is 1. The number of hydrogen-bond acceptors (Lipinski definition) is 4. The van der Waals surface area contributed by atoms with Crippen LogP contribution < -0.4 is 15.5 Å². The summed E-state index contributed by atoms with van der Waals surface area (Å²) in [5, 5.41) is 5.67. The SMILES string of the molecule is Cc1ccc(NC(=O)c2ccc(NC3=C(Cl)C(=O)N(c4cccc(C)c4C)C3=O)cc2)c(C)c1. The predicted molar refractivity (Wildman–Crippen MR) is 135 cm³/mol. The van der Waals surface area contributed by atoms with E-state index in [0.717, 1.165) is 32.8 Å². The first-order chi connectivity index (χ1) is 16.2. The Morgan fingerprint density at radius 1 is 0.853 bits per heavy atom. The second-order valence-corrected chi connectivity index (χ2v) is 8.71. The van der Waals surface area contributed by atoms with Gasteiger partial charge in [-0.05, 0) is 80.8 Å². The minimum absolute atomic E-state index is 0.0000505. The zero-order valence-corrected chi connectivity index (χ0v) is 20.1. The maximum absolute atomic E-state index is 13.1. The molecule has 3 amide bonds. The molecule has 0 fully saturated rings. The van der Waals surface area contributed by atoms with Gasteiger partial charge in [0.1, 0.15) is 10.7 Å². The van der Waals surface area contributed by atoms with Gasteiger partial charge in [0.05, 0.1) is 5.69 Å². The zero-order valence-electron chi connectivity index (χ0n) is 19.3. The Bertz CT molecular complexity index is 1360. The van der Waals surface area contributed by atoms with Crippen molar-refractivity contribution in [3.63, 3.8) is 0 Å². The average molecular weight is 474 g/mol. The van der Waals surface area contributed by atoms with Crippen molar-refractivity contribution in [3.8, 4) is 0 Å². The summed E-state index contributed by atoms with van der Waals surface area (Å²) in [6.07, 6.45) is 0. The number of benzene rings is 3. The van der Waals surface area contributed by atoms with E-state index in [2.05, 4.69) is 10.6 Å². The normalized spacial score (nSPS) is 13.5. The van der Waals surface area contributed by atoms with E-state index in [0.29, 0.717) is 16.9 Å². The summed E-state index contributed by atoms with van der Waals surface area (Å²) < 4.78 is 0. The Labute approximate surface area is 203 Å². The van der Waals surface area contributed by atoms with Crippen LogP contribution in [0.5, 0.6) is 0 Å². The van der Waals surface area contributed by atoms with Gasteiger partial charge in [-0.15, -0.1) is 0 Å². The molecule has 0 bridgehead atoms. The first-order valence-corrected chi connectivity index (χ1v) is 11.2. The molecule has 0 atom stereocenters. The Hall–Kier alpha value is -3.90. The van der Waals surface area contributed by atoms with Gasteiger partial charge >= 0.3 is 0 Å². The third-order valence-electron chi connectivity index (χ3n) is 5.89. The van der Waals surface area contributed by atoms with E-state index in [1.54, 1.807) is 36.4 Å². The number of nitrogens with one attached hydrogen (secondary N) is 2. The Morgan fingerprint density at radius 2 is 1.56 bits per heavy atom. The second kappa shape index (κ2) is 9.15. The van der Waals surface area contributed by atoms with Gasteiger partial charge < -0.3 is 10.6 Å². The average Bonchev–Trinajstić information content (AvgIpc) is 3.01. The van der Waals surface area contributed by atoms with E-state index in [1.807, 2.05) is 52.0 Å². The largest absolute Gasteiger partial charge is 0.350 e. The van der Waals surface area contributed by atoms with Crippen LogP contribution in [0.4, 0.5) is 17.1 Å². The summed E-state index contributed by atoms with van der Waals surface area (Å²) in [6.45, 7) is 7.70. The summed E-state index contributed by atoms with van der Waals surface area (Å²) in [6, 6.07) is 17.8. The van der Waals surface area contributed by atoms with Gasteiger partial charge in [0, 0.05) is 16.9 Å². The molecule has 34 heavy (non-hydrogen) atoms. The minimum Gasteiger partial charge on any atom is -0.350 e. The molecule has 0 aliphatic carbocycles. The van der Waals surface area contributed by atoms with Crippen molar-refractivity contribution in [3.05, 3.63) is 99.2 Å². The molecule has 0 radical (unpaired) electrons. The molecular weight excluding hydrogens is 450 g/mol. The molecule has 1 heterocycles. The number of carbonyl (C=O) groups is 3. The molecule has 0 saturated carbocycles. The topological polar surface area (TPSA) is 78.5 Å². The first-order valence-electron chi connectivity index (χ1n) is 10.8. The fraction of sp³-hybridized carbons (Fsp3) is 0.148. The van der Waals surface area contributed by atoms with Crippen molar-refractivity contribution >= 4 is 46.4 Å². The molecule has 2 N–H and O–H groups in total. The summed E-state index contributed by atoms with van der Waals surface area (Å²) in [5.41, 5.74) is 6.12. The molecule has 4 rings (SSSR count). The summed E-state index contributed by atoms with van der Waals surface area (Å²) in [5.74, 6) is -1.35. The van der Waals surface area contributed by atoms with Crippen LogP contribution in [0.3, 0.4) is 0 Å². The number of halogens is 1. The number of rotatable bonds is 5. The Kier molecular flexibility index (Phi) is 6.26. The van der Waals surface area contributed by atoms with E-state index in [1.165, 1.54) is 0 Å². The lowest BCUT2D eigenvalue weighted by atomic mass is 10.1. The highest BCUT2D eigenvalue weighted by Crippen LogP contribution is 2.33. The number of amides is 3. The molecule has 1 aliphatic heterocycles. The van der Waals surface area contributed by atoms with Crippen LogP contribution in [0.15, 0.2) is 71.4 Å². The molecule has 3 aromatic carbocycles. The van der Waals surface area contributed by atoms with Gasteiger partial charge in [-0.25, -0.2) is 4.90 Å². The van der Waals surface area contributed by atoms with Crippen molar-refractivity contribution < 1.29 is 14.4 Å². The molecule has 3 aromatic rings. The third-order valence-corrected chi connectivity index (χ3v) is 6.24. The monoisotopic (exact) mass is 473 g/mol. The molecule has 6 nitrogen and oxygen atoms in total. The smallest absolute Gasteiger partial charge is 0.283 e. The lowest BCUT2D eigenvalue weighted by Gasteiger charge is -2.18. The van der Waals surface area contributed by atoms with Crippen molar-refractivity contribution in [2.24, 2.45) is 0 Å². The van der Waals surface area contributed by atoms with E-state index >= 15 is 0 Å². The van der Waals surface area contributed by atoms with Crippen molar-refractivity contribution in [1.29, 1.82) is 0 Å². The molecule has 0 aromatic heterocycles. The summed E-state index contributed by atoms with van der Waals surface area (Å²) >= 11 is 6.25. The highest BCUT2D eigenvalue weighted by Gasteiger charge is 2.39. The lowest BCUT2D eigenvalue weighted by Crippen LogP contribution is -2.33. The maximum atomic E-state index is 13.1. The number of hydrogen-bond donors (Lipinski definition) is 2. The van der Waals surface area contributed by atoms with E-state index in [4.69, 9.17) is 11.6 Å². The molecule has 7 heteroatoms. The Balaban J connectivity index is 1.50. The highest BCUT2D eigenvalue weighted by atomic mass is 35.5. The van der Waals surface area contributed by atoms with E-state index < -0.39 is 11.8 Å². The minimum atomic E-state index is -0.577. The first kappa shape index (κ1) is 23.3. The quantitative estimate of drug-likeness (QED) is 0.472. The summed E-state index contributed by atoms with van der Waals surface area (Å²) in [4.78, 5) is 39.6. The highest BCUT2D eigenvalue weighted by molar-refractivity contribution is 6.53. The predicted octanol–water partition coefficient (Wildman–Crippen LogP) is 5.61. The van der Waals surface area contributed by atoms with Gasteiger partial charge in [-0.2, -0.15) is 0 Å². The number of anilines is 3. The lowest BCUT2D eigenvalue weighted by molar-refractivity contribution is -0.120. The van der Waals surface area contributed by atoms with Crippen molar-refractivity contribution in [2.45, 2.75) is 27.7 Å². The fourth-order valence-corrected chi connectivity index (χ4v) is 4.02. The van der Waals surface area contributed by atoms with E-state index in [9.17, 15) is 14.4 Å². The second-order valence-electron chi connectivity index (χ2n) is 8.33. The van der Waals surface area contributed by atoms with Crippen LogP contribution in [0.1, 0.15) is 32.6 Å². The molecule has 0 spiro atoms. The van der Waals surface area contributed by atoms with Gasteiger partial charge in [0.2, 0.25) is 0 Å². The fourth-order valence-electron chi connectivity index (χ4n) is 3.81. The molecular formula is C27H24ClN3O3. The van der Waals surface area contributed by atoms with Crippen LogP contribution in [0.2, 0.25) is 0 Å². The molecule has 172 valence electrons. The summed E-state index contributed by atoms with van der Waals surface area (Å²) in [7, 11) is 0. The van der Waals surface area contributed by atoms with Crippen LogP contribution in [-0.4, -0.2) is 17.7 Å². The van der Waals surface area contributed by atoms with Crippen LogP contribution >= 0.6 is 11.6 Å². The van der Waals surface area contributed by atoms with Crippen molar-refractivity contribution in [1.82, 2.24) is 0 Å². The number of aryl methyl sites for hydroxylation is 3. The molecule has 0 unspecified atom stereocenters. The molecule has 1 aliphatic rings. The zero-order chi connectivity index (χ0) is 24.6. The number of imide groups is 1. The number of carbonyl (C=O) groups excluding carboxylic acids is 3. The van der Waals surface area contributed by atoms with Crippen LogP contribution in [0, 0.1) is 27.7 Å². The third kappa shape index (κ3) is 4.32. The van der Waals surface area contributed by atoms with Crippen molar-refractivity contribution in [2.75, 3.05) is 15.5 Å². The maximum Gasteiger partial charge on any atom is 0.283 e. The van der Waals surface area contributed by atoms with Gasteiger partial charge in [0.15, 0.2) is 0 Å². The standard InChI is InChI=1S/C27H24ClN3O3/c1-15-8-13-21(17(3)14-15)30-25(32)19-9-11-20(12-10-19)29-24-23(28)26(33)31(27(24)34)22-7-5-6-16(2)18(22)4/h5-14,29H,1-4H3,(H,30,32). The van der Waals surface area contributed by atoms with E-state index in [-0.39, 0.29) is 16.6 Å². The van der Waals surface area contributed by atoms with Gasteiger partial charge in [0.25, 0.3) is 17.7 Å². The Morgan fingerprint density at radius 3 is 2.24 bits per heavy atom. The van der Waals surface area contributed by atoms with Gasteiger partial charge in [-0.3, -0.25) is 14.4 Å². The molecule has 0 saturated heterocycles. The van der Waals surface area contributed by atoms with Crippen LogP contribution in [0.25, 0.3) is 0 Å². The van der Waals surface area contributed by atoms with Gasteiger partial charge in [-0.1, -0.05) is 41.4 Å². The van der Waals surface area contributed by atoms with Crippen LogP contribution in [-0.2, 0) is 9.59 Å².